The van der Waals surface area contributed by atoms with Gasteiger partial charge in [-0.2, -0.15) is 0 Å². The predicted molar refractivity (Wildman–Crippen MR) is 99.0 cm³/mol. The second-order valence-corrected chi connectivity index (χ2v) is 6.64. The lowest BCUT2D eigenvalue weighted by Crippen LogP contribution is -2.37. The van der Waals surface area contributed by atoms with Crippen LogP contribution in [0.15, 0.2) is 30.5 Å². The maximum absolute atomic E-state index is 12.4. The fourth-order valence-electron chi connectivity index (χ4n) is 2.60. The van der Waals surface area contributed by atoms with Gasteiger partial charge in [0.1, 0.15) is 6.54 Å². The van der Waals surface area contributed by atoms with E-state index >= 15 is 0 Å². The molecule has 1 N–H and O–H groups in total. The van der Waals surface area contributed by atoms with Crippen molar-refractivity contribution in [3.8, 4) is 0 Å². The first-order chi connectivity index (χ1) is 12.3. The van der Waals surface area contributed by atoms with Crippen LogP contribution in [0, 0.1) is 0 Å². The Morgan fingerprint density at radius 2 is 1.73 bits per heavy atom. The van der Waals surface area contributed by atoms with E-state index in [0.29, 0.717) is 11.5 Å². The van der Waals surface area contributed by atoms with Gasteiger partial charge in [-0.05, 0) is 24.3 Å². The summed E-state index contributed by atoms with van der Waals surface area (Å²) in [6, 6.07) is 6.19. The summed E-state index contributed by atoms with van der Waals surface area (Å²) in [5.41, 5.74) is 0.954. The van der Waals surface area contributed by atoms with Crippen LogP contribution in [-0.2, 0) is 4.79 Å². The number of carbonyl (C=O) groups excluding carboxylic acids is 3. The molecule has 3 amide bonds. The number of pyridine rings is 1. The van der Waals surface area contributed by atoms with Crippen LogP contribution in [-0.4, -0.2) is 48.2 Å². The molecule has 134 valence electrons. The highest BCUT2D eigenvalue weighted by Crippen LogP contribution is 2.31. The molecule has 1 aliphatic heterocycles. The van der Waals surface area contributed by atoms with Crippen LogP contribution >= 0.6 is 23.2 Å². The average Bonchev–Trinajstić information content (AvgIpc) is 2.80. The second kappa shape index (κ2) is 6.93. The fourth-order valence-corrected chi connectivity index (χ4v) is 2.92. The highest BCUT2D eigenvalue weighted by molar-refractivity contribution is 6.43. The number of hydrogen-bond donors (Lipinski definition) is 1. The maximum Gasteiger partial charge on any atom is 0.262 e. The number of halogens is 2. The first-order valence-corrected chi connectivity index (χ1v) is 8.32. The first-order valence-electron chi connectivity index (χ1n) is 7.57. The molecule has 0 radical (unpaired) electrons. The Morgan fingerprint density at radius 1 is 1.15 bits per heavy atom. The molecule has 0 atom stereocenters. The van der Waals surface area contributed by atoms with Gasteiger partial charge in [0.2, 0.25) is 5.91 Å². The summed E-state index contributed by atoms with van der Waals surface area (Å²) in [4.78, 5) is 44.0. The molecule has 0 bridgehead atoms. The van der Waals surface area contributed by atoms with Crippen molar-refractivity contribution in [2.24, 2.45) is 0 Å². The number of fused-ring (bicyclic) bond motifs is 1. The van der Waals surface area contributed by atoms with Crippen molar-refractivity contribution < 1.29 is 14.4 Å². The van der Waals surface area contributed by atoms with Gasteiger partial charge in [0.05, 0.1) is 26.9 Å². The van der Waals surface area contributed by atoms with Crippen LogP contribution in [0.3, 0.4) is 0 Å². The topological polar surface area (TPSA) is 82.6 Å². The van der Waals surface area contributed by atoms with Gasteiger partial charge in [-0.3, -0.25) is 19.3 Å². The van der Waals surface area contributed by atoms with E-state index in [4.69, 9.17) is 23.2 Å². The smallest absolute Gasteiger partial charge is 0.262 e. The van der Waals surface area contributed by atoms with Gasteiger partial charge in [0.15, 0.2) is 5.82 Å². The summed E-state index contributed by atoms with van der Waals surface area (Å²) >= 11 is 11.8. The number of rotatable bonds is 4. The van der Waals surface area contributed by atoms with Crippen LogP contribution < -0.4 is 10.2 Å². The number of nitrogens with one attached hydrogen (secondary N) is 1. The zero-order valence-electron chi connectivity index (χ0n) is 13.9. The Hall–Kier alpha value is -2.64. The van der Waals surface area contributed by atoms with E-state index in [1.807, 2.05) is 14.1 Å². The minimum absolute atomic E-state index is 0.129. The zero-order valence-corrected chi connectivity index (χ0v) is 15.4. The molecule has 2 aromatic rings. The van der Waals surface area contributed by atoms with E-state index in [1.165, 1.54) is 18.3 Å². The van der Waals surface area contributed by atoms with Crippen molar-refractivity contribution in [1.29, 1.82) is 0 Å². The molecular weight excluding hydrogens is 379 g/mol. The lowest BCUT2D eigenvalue weighted by atomic mass is 10.1. The van der Waals surface area contributed by atoms with Crippen LogP contribution in [0.5, 0.6) is 0 Å². The molecular formula is C17H14Cl2N4O3. The van der Waals surface area contributed by atoms with Gasteiger partial charge in [-0.1, -0.05) is 23.2 Å². The average molecular weight is 393 g/mol. The summed E-state index contributed by atoms with van der Waals surface area (Å²) in [7, 11) is 3.62. The van der Waals surface area contributed by atoms with Crippen LogP contribution in [0.4, 0.5) is 11.5 Å². The zero-order chi connectivity index (χ0) is 19.0. The Labute approximate surface area is 159 Å². The first kappa shape index (κ1) is 18.2. The van der Waals surface area contributed by atoms with Crippen LogP contribution in [0.1, 0.15) is 20.7 Å². The second-order valence-electron chi connectivity index (χ2n) is 5.82. The molecule has 9 heteroatoms. The molecule has 0 unspecified atom stereocenters. The van der Waals surface area contributed by atoms with Crippen molar-refractivity contribution >= 4 is 52.4 Å². The standard InChI is InChI=1S/C17H14Cl2N4O3/c1-22(2)13-4-3-5-20-15(13)21-14(24)8-23-16(25)9-6-11(18)12(19)7-10(9)17(23)26/h3-7H,8H2,1-2H3,(H,20,21,24). The summed E-state index contributed by atoms with van der Waals surface area (Å²) in [5.74, 6) is -1.39. The number of aromatic nitrogens is 1. The quantitative estimate of drug-likeness (QED) is 0.808. The number of benzene rings is 1. The van der Waals surface area contributed by atoms with Crippen molar-refractivity contribution in [3.05, 3.63) is 51.6 Å². The van der Waals surface area contributed by atoms with E-state index in [9.17, 15) is 14.4 Å². The Balaban J connectivity index is 1.79. The number of nitrogens with zero attached hydrogens (tertiary/aromatic N) is 3. The largest absolute Gasteiger partial charge is 0.375 e. The van der Waals surface area contributed by atoms with Crippen molar-refractivity contribution in [2.45, 2.75) is 0 Å². The molecule has 26 heavy (non-hydrogen) atoms. The van der Waals surface area contributed by atoms with Gasteiger partial charge in [-0.25, -0.2) is 4.98 Å². The summed E-state index contributed by atoms with van der Waals surface area (Å²) in [6.45, 7) is -0.439. The van der Waals surface area contributed by atoms with E-state index in [0.717, 1.165) is 4.90 Å². The molecule has 1 aromatic carbocycles. The Bertz CT molecular complexity index is 889. The minimum atomic E-state index is -0.590. The van der Waals surface area contributed by atoms with Gasteiger partial charge in [-0.15, -0.1) is 0 Å². The van der Waals surface area contributed by atoms with Crippen molar-refractivity contribution in [3.63, 3.8) is 0 Å². The highest BCUT2D eigenvalue weighted by atomic mass is 35.5. The lowest BCUT2D eigenvalue weighted by Gasteiger charge is -2.18. The number of amides is 3. The van der Waals surface area contributed by atoms with E-state index in [-0.39, 0.29) is 21.2 Å². The van der Waals surface area contributed by atoms with E-state index < -0.39 is 24.3 Å². The maximum atomic E-state index is 12.4. The molecule has 0 aliphatic carbocycles. The Morgan fingerprint density at radius 3 is 2.27 bits per heavy atom. The monoisotopic (exact) mass is 392 g/mol. The van der Waals surface area contributed by atoms with Gasteiger partial charge >= 0.3 is 0 Å². The summed E-state index contributed by atoms with van der Waals surface area (Å²) in [6.07, 6.45) is 1.54. The lowest BCUT2D eigenvalue weighted by molar-refractivity contribution is -0.116. The third kappa shape index (κ3) is 3.23. The number of carbonyl (C=O) groups is 3. The third-order valence-electron chi connectivity index (χ3n) is 3.84. The molecule has 0 saturated heterocycles. The molecule has 1 aliphatic rings. The molecule has 3 rings (SSSR count). The molecule has 0 fully saturated rings. The fraction of sp³-hybridized carbons (Fsp3) is 0.176. The molecule has 1 aromatic heterocycles. The molecule has 7 nitrogen and oxygen atoms in total. The van der Waals surface area contributed by atoms with Gasteiger partial charge in [0.25, 0.3) is 11.8 Å². The van der Waals surface area contributed by atoms with Crippen LogP contribution in [0.25, 0.3) is 0 Å². The Kier molecular flexibility index (Phi) is 4.84. The number of imide groups is 1. The third-order valence-corrected chi connectivity index (χ3v) is 4.56. The van der Waals surface area contributed by atoms with E-state index in [2.05, 4.69) is 10.3 Å². The highest BCUT2D eigenvalue weighted by Gasteiger charge is 2.37. The normalized spacial score (nSPS) is 13.0. The predicted octanol–water partition coefficient (Wildman–Crippen LogP) is 2.69. The van der Waals surface area contributed by atoms with Gasteiger partial charge in [0, 0.05) is 20.3 Å². The van der Waals surface area contributed by atoms with Crippen LogP contribution in [0.2, 0.25) is 10.0 Å². The number of anilines is 2. The SMILES string of the molecule is CN(C)c1cccnc1NC(=O)CN1C(=O)c2cc(Cl)c(Cl)cc2C1=O. The summed E-state index contributed by atoms with van der Waals surface area (Å²) < 4.78 is 0. The molecule has 0 spiro atoms. The van der Waals surface area contributed by atoms with Gasteiger partial charge < -0.3 is 10.2 Å². The minimum Gasteiger partial charge on any atom is -0.375 e. The number of hydrogen-bond acceptors (Lipinski definition) is 5. The van der Waals surface area contributed by atoms with E-state index in [1.54, 1.807) is 17.0 Å². The van der Waals surface area contributed by atoms with Crippen molar-refractivity contribution in [1.82, 2.24) is 9.88 Å². The molecule has 0 saturated carbocycles. The van der Waals surface area contributed by atoms with Crippen molar-refractivity contribution in [2.75, 3.05) is 30.9 Å². The molecule has 2 heterocycles. The summed E-state index contributed by atoms with van der Waals surface area (Å²) in [5, 5.41) is 2.96.